The number of para-hydroxylation sites is 2. The lowest BCUT2D eigenvalue weighted by atomic mass is 9.87. The van der Waals surface area contributed by atoms with E-state index in [-0.39, 0.29) is 17.8 Å². The van der Waals surface area contributed by atoms with Gasteiger partial charge in [0.15, 0.2) is 0 Å². The molecule has 2 unspecified atom stereocenters. The van der Waals surface area contributed by atoms with Crippen molar-refractivity contribution >= 4 is 58.2 Å². The minimum atomic E-state index is -1.29. The van der Waals surface area contributed by atoms with Crippen LogP contribution in [0.1, 0.15) is 31.4 Å². The molecule has 6 amide bonds. The van der Waals surface area contributed by atoms with E-state index >= 15 is 0 Å². The molecule has 0 aliphatic carbocycles. The molecule has 41 heavy (non-hydrogen) atoms. The number of primary amides is 2. The molecule has 0 bridgehead atoms. The first-order valence-corrected chi connectivity index (χ1v) is 12.3. The predicted octanol–water partition coefficient (Wildman–Crippen LogP) is 0.458. The van der Waals surface area contributed by atoms with Crippen LogP contribution in [-0.4, -0.2) is 46.9 Å². The molecule has 216 valence electrons. The maximum absolute atomic E-state index is 13.5. The zero-order valence-electron chi connectivity index (χ0n) is 23.0. The lowest BCUT2D eigenvalue weighted by Crippen LogP contribution is -2.39. The summed E-state index contributed by atoms with van der Waals surface area (Å²) in [6.45, 7) is 6.41. The van der Waals surface area contributed by atoms with Crippen LogP contribution in [0.2, 0.25) is 0 Å². The highest BCUT2D eigenvalue weighted by molar-refractivity contribution is 6.35. The van der Waals surface area contributed by atoms with Gasteiger partial charge >= 0.3 is 23.6 Å². The second-order valence-electron chi connectivity index (χ2n) is 9.07. The Kier molecular flexibility index (Phi) is 11.4. The molecule has 0 saturated carbocycles. The smallest absolute Gasteiger partial charge is 0.329 e. The largest absolute Gasteiger partial charge is 0.361 e. The van der Waals surface area contributed by atoms with Gasteiger partial charge in [0.25, 0.3) is 0 Å². The van der Waals surface area contributed by atoms with Gasteiger partial charge in [-0.3, -0.25) is 28.8 Å². The Balaban J connectivity index is 2.51. The van der Waals surface area contributed by atoms with E-state index in [2.05, 4.69) is 20.8 Å². The first-order valence-electron chi connectivity index (χ1n) is 12.3. The van der Waals surface area contributed by atoms with Crippen LogP contribution in [0.5, 0.6) is 0 Å². The van der Waals surface area contributed by atoms with Gasteiger partial charge in [-0.25, -0.2) is 10.9 Å². The van der Waals surface area contributed by atoms with Gasteiger partial charge in [-0.05, 0) is 57.4 Å². The highest BCUT2D eigenvalue weighted by atomic mass is 16.2. The quantitative estimate of drug-likeness (QED) is 0.136. The Morgan fingerprint density at radius 1 is 0.659 bits per heavy atom. The first kappa shape index (κ1) is 31.8. The molecule has 0 heterocycles. The fraction of sp³-hybridized carbons (Fsp3) is 0.259. The third kappa shape index (κ3) is 9.38. The number of amides is 6. The third-order valence-corrected chi connectivity index (χ3v) is 6.03. The number of rotatable bonds is 10. The fourth-order valence-electron chi connectivity index (χ4n) is 3.58. The predicted molar refractivity (Wildman–Crippen MR) is 152 cm³/mol. The lowest BCUT2D eigenvalue weighted by molar-refractivity contribution is -0.137. The summed E-state index contributed by atoms with van der Waals surface area (Å²) in [5.41, 5.74) is 16.5. The number of nitrogens with one attached hydrogen (secondary N) is 4. The van der Waals surface area contributed by atoms with Crippen LogP contribution >= 0.6 is 0 Å². The van der Waals surface area contributed by atoms with Crippen molar-refractivity contribution in [2.24, 2.45) is 33.5 Å². The molecule has 0 aliphatic heterocycles. The maximum Gasteiger partial charge on any atom is 0.329 e. The molecule has 0 fully saturated rings. The Morgan fingerprint density at radius 3 is 1.32 bits per heavy atom. The molecule has 2 rings (SSSR count). The van der Waals surface area contributed by atoms with Gasteiger partial charge in [0.2, 0.25) is 11.8 Å². The maximum atomic E-state index is 13.5. The van der Waals surface area contributed by atoms with Gasteiger partial charge in [0.1, 0.15) is 0 Å². The molecule has 0 spiro atoms. The first-order chi connectivity index (χ1) is 19.3. The van der Waals surface area contributed by atoms with Gasteiger partial charge in [-0.1, -0.05) is 36.4 Å². The minimum Gasteiger partial charge on any atom is -0.361 e. The van der Waals surface area contributed by atoms with Crippen LogP contribution in [0.4, 0.5) is 11.4 Å². The summed E-state index contributed by atoms with van der Waals surface area (Å²) in [5, 5.41) is 13.3. The molecule has 0 aliphatic rings. The van der Waals surface area contributed by atoms with Crippen molar-refractivity contribution in [3.8, 4) is 0 Å². The number of benzene rings is 2. The van der Waals surface area contributed by atoms with Crippen molar-refractivity contribution in [2.45, 2.75) is 34.1 Å². The molecule has 2 atom stereocenters. The number of hydrogen-bond acceptors (Lipinski definition) is 8. The number of carbonyl (C=O) groups excluding carboxylic acids is 6. The molecule has 14 nitrogen and oxygen atoms in total. The normalized spacial score (nSPS) is 12.9. The van der Waals surface area contributed by atoms with E-state index < -0.39 is 47.3 Å². The van der Waals surface area contributed by atoms with E-state index in [4.69, 9.17) is 11.5 Å². The van der Waals surface area contributed by atoms with Gasteiger partial charge in [0, 0.05) is 22.8 Å². The number of anilines is 2. The second kappa shape index (κ2) is 14.7. The standard InChI is InChI=1S/C27H32N8O6/c1-14-9-5-7-11-20(14)30-24(38)18(16(3)32-34-26(40)22(28)36)13-19(17(4)33-35-27(41)23(29)37)25(39)31-21-12-8-6-10-15(21)2/h5-12,18-19H,13H2,1-4H3,(H2,28,36)(H2,29,37)(H,30,38)(H,31,39)(H,34,40)(H,35,41)/b32-16-,33-17-. The van der Waals surface area contributed by atoms with E-state index in [9.17, 15) is 28.8 Å². The summed E-state index contributed by atoms with van der Waals surface area (Å²) in [4.78, 5) is 72.8. The Morgan fingerprint density at radius 2 is 1.00 bits per heavy atom. The third-order valence-electron chi connectivity index (χ3n) is 6.03. The summed E-state index contributed by atoms with van der Waals surface area (Å²) >= 11 is 0. The topological polar surface area (TPSA) is 227 Å². The number of nitrogens with two attached hydrogens (primary N) is 2. The monoisotopic (exact) mass is 564 g/mol. The van der Waals surface area contributed by atoms with Crippen LogP contribution in [-0.2, 0) is 28.8 Å². The summed E-state index contributed by atoms with van der Waals surface area (Å²) in [5.74, 6) is -8.48. The highest BCUT2D eigenvalue weighted by Crippen LogP contribution is 2.23. The van der Waals surface area contributed by atoms with Crippen molar-refractivity contribution in [3.05, 3.63) is 59.7 Å². The van der Waals surface area contributed by atoms with E-state index in [0.29, 0.717) is 11.4 Å². The Bertz CT molecular complexity index is 1310. The average Bonchev–Trinajstić information content (AvgIpc) is 2.92. The summed E-state index contributed by atoms with van der Waals surface area (Å²) in [6.07, 6.45) is -0.251. The van der Waals surface area contributed by atoms with Crippen molar-refractivity contribution in [1.29, 1.82) is 0 Å². The van der Waals surface area contributed by atoms with E-state index in [1.807, 2.05) is 10.9 Å². The molecule has 0 aromatic heterocycles. The number of nitrogens with zero attached hydrogens (tertiary/aromatic N) is 2. The van der Waals surface area contributed by atoms with Crippen LogP contribution in [0, 0.1) is 25.7 Å². The molecule has 0 saturated heterocycles. The number of hydrogen-bond donors (Lipinski definition) is 6. The number of carbonyl (C=O) groups is 6. The summed E-state index contributed by atoms with van der Waals surface area (Å²) in [7, 11) is 0. The number of aryl methyl sites for hydroxylation is 2. The Labute approximate surface area is 236 Å². The van der Waals surface area contributed by atoms with Crippen LogP contribution in [0.25, 0.3) is 0 Å². The minimum absolute atomic E-state index is 0.0355. The molecule has 0 radical (unpaired) electrons. The van der Waals surface area contributed by atoms with E-state index in [1.54, 1.807) is 62.4 Å². The molecule has 8 N–H and O–H groups in total. The molecule has 14 heteroatoms. The Hall–Kier alpha value is -5.40. The molecular formula is C27H32N8O6. The van der Waals surface area contributed by atoms with Gasteiger partial charge in [-0.15, -0.1) is 0 Å². The SMILES string of the molecule is C/C(=N/NC(=O)C(N)=O)C(CC(C(=O)Nc1ccccc1C)/C(C)=N\NC(=O)C(N)=O)C(=O)Nc1ccccc1C. The van der Waals surface area contributed by atoms with E-state index in [0.717, 1.165) is 11.1 Å². The second-order valence-corrected chi connectivity index (χ2v) is 9.07. The summed E-state index contributed by atoms with van der Waals surface area (Å²) < 4.78 is 0. The van der Waals surface area contributed by atoms with Gasteiger partial charge < -0.3 is 22.1 Å². The number of hydrazone groups is 2. The van der Waals surface area contributed by atoms with Gasteiger partial charge in [-0.2, -0.15) is 10.2 Å². The van der Waals surface area contributed by atoms with Crippen LogP contribution in [0.15, 0.2) is 58.7 Å². The molecule has 2 aromatic rings. The highest BCUT2D eigenvalue weighted by Gasteiger charge is 2.32. The summed E-state index contributed by atoms with van der Waals surface area (Å²) in [6, 6.07) is 14.0. The van der Waals surface area contributed by atoms with Crippen molar-refractivity contribution in [1.82, 2.24) is 10.9 Å². The fourth-order valence-corrected chi connectivity index (χ4v) is 3.58. The zero-order valence-corrected chi connectivity index (χ0v) is 23.0. The molecular weight excluding hydrogens is 532 g/mol. The van der Waals surface area contributed by atoms with Crippen LogP contribution < -0.4 is 33.0 Å². The van der Waals surface area contributed by atoms with Gasteiger partial charge in [0.05, 0.1) is 11.8 Å². The zero-order chi connectivity index (χ0) is 30.7. The van der Waals surface area contributed by atoms with Crippen molar-refractivity contribution < 1.29 is 28.8 Å². The lowest BCUT2D eigenvalue weighted by Gasteiger charge is -2.23. The average molecular weight is 565 g/mol. The van der Waals surface area contributed by atoms with Crippen molar-refractivity contribution in [2.75, 3.05) is 10.6 Å². The van der Waals surface area contributed by atoms with Crippen LogP contribution in [0.3, 0.4) is 0 Å². The van der Waals surface area contributed by atoms with E-state index in [1.165, 1.54) is 13.8 Å². The van der Waals surface area contributed by atoms with Crippen molar-refractivity contribution in [3.63, 3.8) is 0 Å². The molecule has 2 aromatic carbocycles.